The molecule has 0 spiro atoms. The van der Waals surface area contributed by atoms with Crippen molar-refractivity contribution in [1.29, 1.82) is 0 Å². The van der Waals surface area contributed by atoms with Crippen LogP contribution in [0.15, 0.2) is 42.5 Å². The predicted octanol–water partition coefficient (Wildman–Crippen LogP) is 3.32. The Labute approximate surface area is 158 Å². The number of carbonyl (C=O) groups is 1. The molecule has 4 rings (SSSR count). The molecule has 1 amide bonds. The number of halogens is 1. The van der Waals surface area contributed by atoms with Gasteiger partial charge in [-0.15, -0.1) is 0 Å². The molecule has 1 heterocycles. The zero-order chi connectivity index (χ0) is 18.8. The SMILES string of the molecule is O=C(CCc1ccccc1F)N[C@@H](c1ccc2c(c1)CCO2)C1CC(O)C1. The van der Waals surface area contributed by atoms with Crippen LogP contribution in [0.2, 0.25) is 0 Å². The van der Waals surface area contributed by atoms with Gasteiger partial charge in [-0.05, 0) is 60.1 Å². The van der Waals surface area contributed by atoms with Gasteiger partial charge in [0.25, 0.3) is 0 Å². The zero-order valence-corrected chi connectivity index (χ0v) is 15.2. The van der Waals surface area contributed by atoms with E-state index in [1.54, 1.807) is 18.2 Å². The molecule has 2 aromatic rings. The molecule has 0 radical (unpaired) electrons. The van der Waals surface area contributed by atoms with Gasteiger partial charge >= 0.3 is 0 Å². The van der Waals surface area contributed by atoms with Crippen molar-refractivity contribution in [2.45, 2.75) is 44.2 Å². The number of carbonyl (C=O) groups excluding carboxylic acids is 1. The first-order chi connectivity index (χ1) is 13.1. The van der Waals surface area contributed by atoms with Crippen LogP contribution in [-0.4, -0.2) is 23.7 Å². The summed E-state index contributed by atoms with van der Waals surface area (Å²) in [5.74, 6) is 0.763. The Hall–Kier alpha value is -2.40. The van der Waals surface area contributed by atoms with Crippen LogP contribution in [0.3, 0.4) is 0 Å². The van der Waals surface area contributed by atoms with E-state index in [9.17, 15) is 14.3 Å². The van der Waals surface area contributed by atoms with Crippen LogP contribution in [0.4, 0.5) is 4.39 Å². The van der Waals surface area contributed by atoms with Gasteiger partial charge in [-0.1, -0.05) is 24.3 Å². The van der Waals surface area contributed by atoms with Crippen LogP contribution in [0, 0.1) is 11.7 Å². The first-order valence-corrected chi connectivity index (χ1v) is 9.56. The molecule has 2 aromatic carbocycles. The number of ether oxygens (including phenoxy) is 1. The van der Waals surface area contributed by atoms with Crippen molar-refractivity contribution in [1.82, 2.24) is 5.32 Å². The van der Waals surface area contributed by atoms with E-state index in [-0.39, 0.29) is 36.2 Å². The summed E-state index contributed by atoms with van der Waals surface area (Å²) >= 11 is 0. The van der Waals surface area contributed by atoms with E-state index in [2.05, 4.69) is 11.4 Å². The first-order valence-electron chi connectivity index (χ1n) is 9.56. The second-order valence-electron chi connectivity index (χ2n) is 7.49. The summed E-state index contributed by atoms with van der Waals surface area (Å²) in [5.41, 5.74) is 2.77. The molecular weight excluding hydrogens is 345 g/mol. The second kappa shape index (κ2) is 7.69. The van der Waals surface area contributed by atoms with Crippen molar-refractivity contribution in [3.05, 3.63) is 65.0 Å². The van der Waals surface area contributed by atoms with Gasteiger partial charge in [0.15, 0.2) is 0 Å². The van der Waals surface area contributed by atoms with Crippen LogP contribution < -0.4 is 10.1 Å². The molecule has 0 aromatic heterocycles. The number of benzene rings is 2. The molecule has 1 fully saturated rings. The third-order valence-electron chi connectivity index (χ3n) is 5.59. The van der Waals surface area contributed by atoms with Crippen LogP contribution in [0.1, 0.15) is 42.0 Å². The molecule has 1 saturated carbocycles. The summed E-state index contributed by atoms with van der Waals surface area (Å²) in [6.07, 6.45) is 2.57. The number of aryl methyl sites for hydroxylation is 1. The van der Waals surface area contributed by atoms with Crippen molar-refractivity contribution in [2.75, 3.05) is 6.61 Å². The van der Waals surface area contributed by atoms with Gasteiger partial charge in [-0.25, -0.2) is 4.39 Å². The van der Waals surface area contributed by atoms with E-state index < -0.39 is 0 Å². The lowest BCUT2D eigenvalue weighted by Crippen LogP contribution is -2.41. The average molecular weight is 369 g/mol. The van der Waals surface area contributed by atoms with E-state index in [1.807, 2.05) is 12.1 Å². The highest BCUT2D eigenvalue weighted by Gasteiger charge is 2.36. The molecule has 0 unspecified atom stereocenters. The van der Waals surface area contributed by atoms with E-state index >= 15 is 0 Å². The quantitative estimate of drug-likeness (QED) is 0.821. The Morgan fingerprint density at radius 1 is 1.26 bits per heavy atom. The Bertz CT molecular complexity index is 832. The lowest BCUT2D eigenvalue weighted by atomic mass is 9.74. The number of nitrogens with one attached hydrogen (secondary N) is 1. The molecule has 1 aliphatic carbocycles. The largest absolute Gasteiger partial charge is 0.493 e. The van der Waals surface area contributed by atoms with Gasteiger partial charge in [-0.2, -0.15) is 0 Å². The highest BCUT2D eigenvalue weighted by Crippen LogP contribution is 2.39. The number of hydrogen-bond acceptors (Lipinski definition) is 3. The monoisotopic (exact) mass is 369 g/mol. The number of aliphatic hydroxyl groups is 1. The molecule has 2 N–H and O–H groups in total. The topological polar surface area (TPSA) is 58.6 Å². The molecule has 5 heteroatoms. The Morgan fingerprint density at radius 2 is 2.07 bits per heavy atom. The maximum atomic E-state index is 13.8. The number of hydrogen-bond donors (Lipinski definition) is 2. The smallest absolute Gasteiger partial charge is 0.220 e. The third kappa shape index (κ3) is 3.98. The highest BCUT2D eigenvalue weighted by molar-refractivity contribution is 5.76. The predicted molar refractivity (Wildman–Crippen MR) is 100.0 cm³/mol. The van der Waals surface area contributed by atoms with Crippen molar-refractivity contribution in [2.24, 2.45) is 5.92 Å². The van der Waals surface area contributed by atoms with E-state index in [1.165, 1.54) is 6.07 Å². The molecule has 0 bridgehead atoms. The van der Waals surface area contributed by atoms with Crippen molar-refractivity contribution < 1.29 is 19.0 Å². The van der Waals surface area contributed by atoms with Gasteiger partial charge in [0.1, 0.15) is 11.6 Å². The molecule has 2 aliphatic rings. The molecule has 0 saturated heterocycles. The van der Waals surface area contributed by atoms with Gasteiger partial charge in [-0.3, -0.25) is 4.79 Å². The van der Waals surface area contributed by atoms with Crippen molar-refractivity contribution >= 4 is 5.91 Å². The molecule has 4 nitrogen and oxygen atoms in total. The van der Waals surface area contributed by atoms with Crippen molar-refractivity contribution in [3.63, 3.8) is 0 Å². The molecule has 142 valence electrons. The minimum Gasteiger partial charge on any atom is -0.493 e. The van der Waals surface area contributed by atoms with Crippen LogP contribution in [0.25, 0.3) is 0 Å². The van der Waals surface area contributed by atoms with Gasteiger partial charge < -0.3 is 15.2 Å². The molecule has 27 heavy (non-hydrogen) atoms. The zero-order valence-electron chi connectivity index (χ0n) is 15.2. The summed E-state index contributed by atoms with van der Waals surface area (Å²) < 4.78 is 19.3. The fourth-order valence-electron chi connectivity index (χ4n) is 3.97. The maximum absolute atomic E-state index is 13.8. The highest BCUT2D eigenvalue weighted by atomic mass is 19.1. The number of fused-ring (bicyclic) bond motifs is 1. The molecular formula is C22H24FNO3. The van der Waals surface area contributed by atoms with E-state index in [0.29, 0.717) is 31.4 Å². The van der Waals surface area contributed by atoms with Gasteiger partial charge in [0.05, 0.1) is 18.8 Å². The first kappa shape index (κ1) is 18.0. The van der Waals surface area contributed by atoms with E-state index in [4.69, 9.17) is 4.74 Å². The summed E-state index contributed by atoms with van der Waals surface area (Å²) in [4.78, 5) is 12.6. The number of aliphatic hydroxyl groups excluding tert-OH is 1. The lowest BCUT2D eigenvalue weighted by Gasteiger charge is -2.38. The number of amides is 1. The lowest BCUT2D eigenvalue weighted by molar-refractivity contribution is -0.123. The third-order valence-corrected chi connectivity index (χ3v) is 5.59. The average Bonchev–Trinajstić information content (AvgIpc) is 3.11. The normalized spacial score (nSPS) is 21.7. The summed E-state index contributed by atoms with van der Waals surface area (Å²) in [5, 5.41) is 12.8. The van der Waals surface area contributed by atoms with Gasteiger partial charge in [0, 0.05) is 12.8 Å². The Kier molecular flexibility index (Phi) is 5.12. The number of rotatable bonds is 6. The van der Waals surface area contributed by atoms with Gasteiger partial charge in [0.2, 0.25) is 5.91 Å². The Morgan fingerprint density at radius 3 is 2.85 bits per heavy atom. The van der Waals surface area contributed by atoms with Crippen molar-refractivity contribution in [3.8, 4) is 5.75 Å². The van der Waals surface area contributed by atoms with Crippen LogP contribution >= 0.6 is 0 Å². The molecule has 1 atom stereocenters. The fourth-order valence-corrected chi connectivity index (χ4v) is 3.97. The Balaban J connectivity index is 1.45. The fraction of sp³-hybridized carbons (Fsp3) is 0.409. The summed E-state index contributed by atoms with van der Waals surface area (Å²) in [6, 6.07) is 12.5. The van der Waals surface area contributed by atoms with Crippen LogP contribution in [-0.2, 0) is 17.6 Å². The molecule has 1 aliphatic heterocycles. The van der Waals surface area contributed by atoms with E-state index in [0.717, 1.165) is 23.3 Å². The maximum Gasteiger partial charge on any atom is 0.220 e. The second-order valence-corrected chi connectivity index (χ2v) is 7.49. The minimum absolute atomic E-state index is 0.0959. The summed E-state index contributed by atoms with van der Waals surface area (Å²) in [6.45, 7) is 0.695. The minimum atomic E-state index is -0.287. The summed E-state index contributed by atoms with van der Waals surface area (Å²) in [7, 11) is 0. The standard InChI is InChI=1S/C22H24FNO3/c23-19-4-2-1-3-14(19)6-8-21(26)24-22(17-12-18(25)13-17)16-5-7-20-15(11-16)9-10-27-20/h1-5,7,11,17-18,22,25H,6,8-10,12-13H2,(H,24,26)/t17?,18?,22-/m0/s1. The van der Waals surface area contributed by atoms with Crippen LogP contribution in [0.5, 0.6) is 5.75 Å².